The number of hydrogen-bond acceptors (Lipinski definition) is 3. The number of likely N-dealkylation sites (tertiary alicyclic amines) is 1. The van der Waals surface area contributed by atoms with Crippen LogP contribution < -0.4 is 0 Å². The standard InChI is InChI=1S/C9H13NO4/c1-14-7-4-5-10(6-7)8(11)2-3-9(12)13/h2-3,7H,4-6H2,1H3,(H,12,13). The number of nitrogens with zero attached hydrogens (tertiary/aromatic N) is 1. The number of rotatable bonds is 3. The number of amides is 1. The van der Waals surface area contributed by atoms with E-state index >= 15 is 0 Å². The van der Waals surface area contributed by atoms with Crippen molar-refractivity contribution in [2.24, 2.45) is 0 Å². The van der Waals surface area contributed by atoms with Gasteiger partial charge in [-0.3, -0.25) is 4.79 Å². The molecular formula is C9H13NO4. The van der Waals surface area contributed by atoms with Gasteiger partial charge in [-0.1, -0.05) is 0 Å². The van der Waals surface area contributed by atoms with Gasteiger partial charge >= 0.3 is 5.97 Å². The maximum Gasteiger partial charge on any atom is 0.328 e. The number of carboxylic acids is 1. The van der Waals surface area contributed by atoms with Crippen LogP contribution in [0.2, 0.25) is 0 Å². The van der Waals surface area contributed by atoms with Crippen molar-refractivity contribution in [2.75, 3.05) is 20.2 Å². The fraction of sp³-hybridized carbons (Fsp3) is 0.556. The summed E-state index contributed by atoms with van der Waals surface area (Å²) in [5, 5.41) is 8.32. The van der Waals surface area contributed by atoms with Gasteiger partial charge < -0.3 is 14.7 Å². The molecule has 0 bridgehead atoms. The first kappa shape index (κ1) is 10.7. The van der Waals surface area contributed by atoms with E-state index in [1.807, 2.05) is 0 Å². The Labute approximate surface area is 82.0 Å². The molecule has 1 unspecified atom stereocenters. The topological polar surface area (TPSA) is 66.8 Å². The first-order valence-corrected chi connectivity index (χ1v) is 4.36. The average molecular weight is 199 g/mol. The summed E-state index contributed by atoms with van der Waals surface area (Å²) in [4.78, 5) is 23.1. The summed E-state index contributed by atoms with van der Waals surface area (Å²) in [5.74, 6) is -1.38. The lowest BCUT2D eigenvalue weighted by Crippen LogP contribution is -2.28. The zero-order valence-corrected chi connectivity index (χ0v) is 7.97. The van der Waals surface area contributed by atoms with Gasteiger partial charge in [0.05, 0.1) is 6.10 Å². The van der Waals surface area contributed by atoms with E-state index in [2.05, 4.69) is 0 Å². The van der Waals surface area contributed by atoms with Gasteiger partial charge in [0.2, 0.25) is 5.91 Å². The Morgan fingerprint density at radius 1 is 1.50 bits per heavy atom. The van der Waals surface area contributed by atoms with Crippen LogP contribution in [-0.4, -0.2) is 48.2 Å². The zero-order valence-electron chi connectivity index (χ0n) is 7.97. The minimum Gasteiger partial charge on any atom is -0.478 e. The van der Waals surface area contributed by atoms with Gasteiger partial charge in [-0.05, 0) is 6.42 Å². The highest BCUT2D eigenvalue weighted by atomic mass is 16.5. The van der Waals surface area contributed by atoms with Gasteiger partial charge in [-0.2, -0.15) is 0 Å². The van der Waals surface area contributed by atoms with E-state index in [9.17, 15) is 9.59 Å². The summed E-state index contributed by atoms with van der Waals surface area (Å²) in [6.45, 7) is 1.17. The second-order valence-electron chi connectivity index (χ2n) is 3.10. The molecule has 1 amide bonds. The van der Waals surface area contributed by atoms with E-state index in [0.717, 1.165) is 18.6 Å². The number of hydrogen-bond donors (Lipinski definition) is 1. The van der Waals surface area contributed by atoms with E-state index in [1.54, 1.807) is 12.0 Å². The normalized spacial score (nSPS) is 21.8. The molecule has 1 fully saturated rings. The zero-order chi connectivity index (χ0) is 10.6. The molecule has 0 aromatic rings. The predicted molar refractivity (Wildman–Crippen MR) is 48.8 cm³/mol. The molecule has 78 valence electrons. The monoisotopic (exact) mass is 199 g/mol. The molecule has 1 rings (SSSR count). The Bertz CT molecular complexity index is 262. The number of aliphatic carboxylic acids is 1. The molecule has 5 heteroatoms. The quantitative estimate of drug-likeness (QED) is 0.643. The van der Waals surface area contributed by atoms with Crippen LogP contribution >= 0.6 is 0 Å². The summed E-state index contributed by atoms with van der Waals surface area (Å²) < 4.78 is 5.08. The molecule has 1 saturated heterocycles. The molecule has 0 aromatic carbocycles. The van der Waals surface area contributed by atoms with Crippen molar-refractivity contribution in [2.45, 2.75) is 12.5 Å². The highest BCUT2D eigenvalue weighted by molar-refractivity contribution is 5.94. The molecule has 1 atom stereocenters. The van der Waals surface area contributed by atoms with Gasteiger partial charge in [-0.15, -0.1) is 0 Å². The van der Waals surface area contributed by atoms with Crippen molar-refractivity contribution in [3.8, 4) is 0 Å². The number of methoxy groups -OCH3 is 1. The maximum absolute atomic E-state index is 11.3. The molecule has 14 heavy (non-hydrogen) atoms. The Morgan fingerprint density at radius 2 is 2.21 bits per heavy atom. The van der Waals surface area contributed by atoms with Crippen LogP contribution in [0.5, 0.6) is 0 Å². The van der Waals surface area contributed by atoms with Crippen LogP contribution in [0, 0.1) is 0 Å². The number of ether oxygens (including phenoxy) is 1. The largest absolute Gasteiger partial charge is 0.478 e. The van der Waals surface area contributed by atoms with Crippen LogP contribution in [-0.2, 0) is 14.3 Å². The molecule has 1 heterocycles. The summed E-state index contributed by atoms with van der Waals surface area (Å²) in [7, 11) is 1.60. The van der Waals surface area contributed by atoms with Crippen molar-refractivity contribution in [1.29, 1.82) is 0 Å². The van der Waals surface area contributed by atoms with Gasteiger partial charge in [0.1, 0.15) is 0 Å². The van der Waals surface area contributed by atoms with Crippen LogP contribution in [0.3, 0.4) is 0 Å². The smallest absolute Gasteiger partial charge is 0.328 e. The number of carbonyl (C=O) groups is 2. The van der Waals surface area contributed by atoms with E-state index in [0.29, 0.717) is 13.1 Å². The lowest BCUT2D eigenvalue weighted by atomic mass is 10.3. The van der Waals surface area contributed by atoms with Crippen molar-refractivity contribution in [3.63, 3.8) is 0 Å². The minimum absolute atomic E-state index is 0.0807. The third kappa shape index (κ3) is 2.85. The van der Waals surface area contributed by atoms with Crippen LogP contribution in [0.15, 0.2) is 12.2 Å². The third-order valence-electron chi connectivity index (χ3n) is 2.16. The molecule has 0 aliphatic carbocycles. The maximum atomic E-state index is 11.3. The summed E-state index contributed by atoms with van der Waals surface area (Å²) in [6, 6.07) is 0. The molecule has 0 saturated carbocycles. The van der Waals surface area contributed by atoms with Crippen LogP contribution in [0.4, 0.5) is 0 Å². The van der Waals surface area contributed by atoms with Gasteiger partial charge in [0.25, 0.3) is 0 Å². The Morgan fingerprint density at radius 3 is 2.71 bits per heavy atom. The fourth-order valence-electron chi connectivity index (χ4n) is 1.37. The van der Waals surface area contributed by atoms with Crippen molar-refractivity contribution >= 4 is 11.9 Å². The van der Waals surface area contributed by atoms with E-state index in [-0.39, 0.29) is 12.0 Å². The van der Waals surface area contributed by atoms with Crippen molar-refractivity contribution in [1.82, 2.24) is 4.90 Å². The number of carbonyl (C=O) groups excluding carboxylic acids is 1. The Hall–Kier alpha value is -1.36. The third-order valence-corrected chi connectivity index (χ3v) is 2.16. The second-order valence-corrected chi connectivity index (χ2v) is 3.10. The molecule has 0 radical (unpaired) electrons. The molecule has 1 N–H and O–H groups in total. The molecular weight excluding hydrogens is 186 g/mol. The SMILES string of the molecule is COC1CCN(C(=O)C=CC(=O)O)C1. The molecule has 0 aromatic heterocycles. The van der Waals surface area contributed by atoms with Crippen LogP contribution in [0.25, 0.3) is 0 Å². The lowest BCUT2D eigenvalue weighted by molar-refractivity contribution is -0.132. The van der Waals surface area contributed by atoms with E-state index in [1.165, 1.54) is 0 Å². The van der Waals surface area contributed by atoms with Crippen molar-refractivity contribution in [3.05, 3.63) is 12.2 Å². The molecule has 5 nitrogen and oxygen atoms in total. The molecule has 1 aliphatic rings. The van der Waals surface area contributed by atoms with E-state index < -0.39 is 5.97 Å². The highest BCUT2D eigenvalue weighted by Gasteiger charge is 2.24. The first-order chi connectivity index (χ1) is 6.63. The van der Waals surface area contributed by atoms with Gasteiger partial charge in [-0.25, -0.2) is 4.79 Å². The lowest BCUT2D eigenvalue weighted by Gasteiger charge is -2.13. The summed E-state index contributed by atoms with van der Waals surface area (Å²) >= 11 is 0. The Balaban J connectivity index is 2.43. The van der Waals surface area contributed by atoms with Crippen molar-refractivity contribution < 1.29 is 19.4 Å². The Kier molecular flexibility index (Phi) is 3.64. The molecule has 0 spiro atoms. The second kappa shape index (κ2) is 4.76. The summed E-state index contributed by atoms with van der Waals surface area (Å²) in [5.41, 5.74) is 0. The fourth-order valence-corrected chi connectivity index (χ4v) is 1.37. The predicted octanol–water partition coefficient (Wildman–Crippen LogP) is -0.126. The van der Waals surface area contributed by atoms with Crippen LogP contribution in [0.1, 0.15) is 6.42 Å². The van der Waals surface area contributed by atoms with Gasteiger partial charge in [0.15, 0.2) is 0 Å². The number of carboxylic acid groups (broad SMARTS) is 1. The highest BCUT2D eigenvalue weighted by Crippen LogP contribution is 2.11. The average Bonchev–Trinajstić information content (AvgIpc) is 2.62. The minimum atomic E-state index is -1.11. The first-order valence-electron chi connectivity index (χ1n) is 4.36. The summed E-state index contributed by atoms with van der Waals surface area (Å²) in [6.07, 6.45) is 2.81. The van der Waals surface area contributed by atoms with Gasteiger partial charge in [0, 0.05) is 32.4 Å². The molecule has 1 aliphatic heterocycles. The van der Waals surface area contributed by atoms with E-state index in [4.69, 9.17) is 9.84 Å².